The van der Waals surface area contributed by atoms with E-state index in [0.29, 0.717) is 105 Å². The van der Waals surface area contributed by atoms with Crippen molar-refractivity contribution >= 4 is 89.9 Å². The Morgan fingerprint density at radius 2 is 0.606 bits per heavy atom. The van der Waals surface area contributed by atoms with Gasteiger partial charge in [0.2, 0.25) is 0 Å². The predicted octanol–water partition coefficient (Wildman–Crippen LogP) is 23.7. The number of rotatable bonds is 15. The minimum Gasteiger partial charge on any atom is -0.359 e. The van der Waals surface area contributed by atoms with Gasteiger partial charge in [0.15, 0.2) is 0 Å². The molecule has 27 heteroatoms. The van der Waals surface area contributed by atoms with Crippen molar-refractivity contribution in [3.63, 3.8) is 0 Å². The zero-order chi connectivity index (χ0) is 97.3. The Morgan fingerprint density at radius 3 is 1.01 bits per heavy atom. The number of pyridine rings is 9. The maximum atomic E-state index is 14.8. The average molecular weight is 1900 g/mol. The quantitative estimate of drug-likeness (QED) is 0.0941. The van der Waals surface area contributed by atoms with Crippen LogP contribution < -0.4 is 5.32 Å². The van der Waals surface area contributed by atoms with Gasteiger partial charge in [0.1, 0.15) is 52.0 Å². The molecule has 9 aromatic heterocycles. The van der Waals surface area contributed by atoms with Gasteiger partial charge in [0.25, 0.3) is 29.5 Å². The fourth-order valence-corrected chi connectivity index (χ4v) is 18.8. The van der Waals surface area contributed by atoms with Crippen LogP contribution in [0.4, 0.5) is 32.0 Å². The van der Waals surface area contributed by atoms with Crippen LogP contribution in [0.15, 0.2) is 348 Å². The van der Waals surface area contributed by atoms with E-state index in [1.807, 2.05) is 170 Å². The molecule has 142 heavy (non-hydrogen) atoms. The van der Waals surface area contributed by atoms with Crippen molar-refractivity contribution in [2.75, 3.05) is 5.32 Å². The summed E-state index contributed by atoms with van der Waals surface area (Å²) in [5, 5.41) is 12.2. The van der Waals surface area contributed by atoms with Crippen molar-refractivity contribution in [3.8, 4) is 55.6 Å². The minimum atomic E-state index is -0.674. The van der Waals surface area contributed by atoms with Crippen molar-refractivity contribution in [3.05, 3.63) is 477 Å². The van der Waals surface area contributed by atoms with Gasteiger partial charge in [-0.2, -0.15) is 0 Å². The van der Waals surface area contributed by atoms with E-state index in [4.69, 9.17) is 11.6 Å². The Hall–Kier alpha value is -17.7. The third kappa shape index (κ3) is 18.8. The van der Waals surface area contributed by atoms with Crippen molar-refractivity contribution < 1.29 is 50.3 Å². The van der Waals surface area contributed by atoms with Crippen LogP contribution in [0.3, 0.4) is 0 Å². The van der Waals surface area contributed by atoms with E-state index in [-0.39, 0.29) is 91.6 Å². The number of benzene rings is 10. The molecule has 15 heterocycles. The maximum absolute atomic E-state index is 14.8. The summed E-state index contributed by atoms with van der Waals surface area (Å²) in [6.45, 7) is 6.53. The van der Waals surface area contributed by atoms with Crippen molar-refractivity contribution in [1.82, 2.24) is 69.4 Å². The number of carbonyl (C=O) groups is 5. The van der Waals surface area contributed by atoms with E-state index in [0.717, 1.165) is 121 Å². The zero-order valence-corrected chi connectivity index (χ0v) is 76.4. The molecule has 10 aromatic carbocycles. The molecule has 0 saturated heterocycles. The van der Waals surface area contributed by atoms with E-state index >= 15 is 0 Å². The fourth-order valence-electron chi connectivity index (χ4n) is 18.5. The number of anilines is 1. The highest BCUT2D eigenvalue weighted by Gasteiger charge is 2.36. The summed E-state index contributed by atoms with van der Waals surface area (Å²) in [6.07, 6.45) is 22.9. The summed E-state index contributed by atoms with van der Waals surface area (Å²) in [4.78, 5) is 108. The first-order valence-corrected chi connectivity index (χ1v) is 46.0. The Labute approximate surface area is 814 Å². The third-order valence-corrected chi connectivity index (χ3v) is 26.3. The SMILES string of the molecule is C=C1Cc2cc(-c3cc(F)c(CN4Cc5ncccc5C4=O)c(F)c3)ccc2N1.O=C1c2cccnc2CN1Cc1c(F)cc(-c2ccc3cnccc3c2)cc1F.O=C1c2ncccc2CN1Cc1ccc(-c2ccc3ccncc3c2)cc1F.O=C1c2ncccc2CN1Cc1ccc(-c2ccc3cnccc3c2)cc1Cl.O=C1c2ncccc2CN1Cc1ccc(-c2ccc3cnccc3c2)cc1F. The Balaban J connectivity index is 0.000000105. The van der Waals surface area contributed by atoms with Gasteiger partial charge < -0.3 is 29.8 Å². The molecule has 0 unspecified atom stereocenters. The lowest BCUT2D eigenvalue weighted by molar-refractivity contribution is 0.0754. The predicted molar refractivity (Wildman–Crippen MR) is 531 cm³/mol. The summed E-state index contributed by atoms with van der Waals surface area (Å²) in [5.41, 5.74) is 19.0. The van der Waals surface area contributed by atoms with E-state index in [9.17, 15) is 50.3 Å². The van der Waals surface area contributed by atoms with Crippen LogP contribution in [-0.2, 0) is 71.9 Å². The number of nitrogens with one attached hydrogen (secondary N) is 1. The summed E-state index contributed by atoms with van der Waals surface area (Å²) >= 11 is 6.57. The number of aromatic nitrogens is 9. The number of halogens is 7. The number of nitrogens with zero attached hydrogens (tertiary/aromatic N) is 14. The van der Waals surface area contributed by atoms with Gasteiger partial charge in [-0.3, -0.25) is 68.8 Å². The molecular formula is C115H80ClF6N15O5. The molecule has 0 bridgehead atoms. The summed E-state index contributed by atoms with van der Waals surface area (Å²) in [7, 11) is 0. The van der Waals surface area contributed by atoms with Crippen LogP contribution in [0, 0.1) is 34.9 Å². The molecule has 694 valence electrons. The van der Waals surface area contributed by atoms with Crippen molar-refractivity contribution in [1.29, 1.82) is 0 Å². The van der Waals surface area contributed by atoms with Gasteiger partial charge in [0.05, 0.1) is 48.7 Å². The van der Waals surface area contributed by atoms with Gasteiger partial charge in [-0.15, -0.1) is 0 Å². The lowest BCUT2D eigenvalue weighted by Crippen LogP contribution is -2.24. The van der Waals surface area contributed by atoms with E-state index < -0.39 is 23.3 Å². The summed E-state index contributed by atoms with van der Waals surface area (Å²) < 4.78 is 88.9. The number of hydrogen-bond acceptors (Lipinski definition) is 15. The van der Waals surface area contributed by atoms with Crippen LogP contribution in [0.1, 0.15) is 114 Å². The van der Waals surface area contributed by atoms with Crippen molar-refractivity contribution in [2.45, 2.75) is 71.9 Å². The third-order valence-electron chi connectivity index (χ3n) is 26.0. The van der Waals surface area contributed by atoms with Crippen LogP contribution in [0.25, 0.3) is 98.7 Å². The second-order valence-corrected chi connectivity index (χ2v) is 35.5. The zero-order valence-electron chi connectivity index (χ0n) is 75.7. The maximum Gasteiger partial charge on any atom is 0.273 e. The molecule has 0 atom stereocenters. The first-order chi connectivity index (χ1) is 69.1. The molecule has 25 rings (SSSR count). The van der Waals surface area contributed by atoms with Crippen LogP contribution in [0.5, 0.6) is 0 Å². The molecule has 5 amide bonds. The van der Waals surface area contributed by atoms with E-state index in [1.54, 1.807) is 119 Å². The van der Waals surface area contributed by atoms with Crippen LogP contribution in [0.2, 0.25) is 5.02 Å². The standard InChI is InChI=1S/C23H16ClN3O.C23H17F2N3O.C23H15F2N3O.2C23H16FN3O/c24-21-11-16(15-3-5-18-12-25-9-7-17(18)10-15)4-6-19(21)13-27-14-20-2-1-8-26-22(20)23(27)28;1-13-7-16-8-14(4-5-21(16)27-13)15-9-19(24)18(20(25)10-15)11-28-12-22-17(23(28)29)3-2-6-26-22;24-20-9-17(14-3-4-16-11-26-7-5-15(16)8-14)10-21(25)19(20)12-28-13-22-18(23(28)29)2-1-6-27-22;24-21-11-16(15-3-5-18-12-25-9-7-17(18)10-15)4-6-19(21)13-27-14-20-2-1-8-26-22(20)23(27)28;24-21-11-17(16-4-3-15-7-9-25-12-20(15)10-16)5-6-18(21)13-27-14-19-2-1-8-26-22(19)23(27)28/h1-12H,13-14H2;2-6,8-10,27H,1,7,11-12H2;1-11H,12-13H2;2*1-12H,13-14H2. The van der Waals surface area contributed by atoms with Crippen LogP contribution in [-0.4, -0.2) is 98.9 Å². The lowest BCUT2D eigenvalue weighted by Gasteiger charge is -2.17. The first-order valence-electron chi connectivity index (χ1n) is 45.6. The molecule has 0 fully saturated rings. The largest absolute Gasteiger partial charge is 0.359 e. The number of fused-ring (bicyclic) bond motifs is 10. The second kappa shape index (κ2) is 39.1. The highest BCUT2D eigenvalue weighted by molar-refractivity contribution is 6.31. The number of amides is 5. The Kier molecular flexibility index (Phi) is 25.0. The molecule has 1 N–H and O–H groups in total. The second-order valence-electron chi connectivity index (χ2n) is 35.1. The molecule has 20 nitrogen and oxygen atoms in total. The van der Waals surface area contributed by atoms with Crippen molar-refractivity contribution in [2.24, 2.45) is 0 Å². The summed E-state index contributed by atoms with van der Waals surface area (Å²) in [6, 6.07) is 76.7. The highest BCUT2D eigenvalue weighted by Crippen LogP contribution is 2.39. The number of allylic oxidation sites excluding steroid dienone is 1. The topological polar surface area (TPSA) is 230 Å². The Bertz CT molecular complexity index is 7860. The molecule has 6 aliphatic heterocycles. The highest BCUT2D eigenvalue weighted by atomic mass is 35.5. The molecule has 0 radical (unpaired) electrons. The van der Waals surface area contributed by atoms with Gasteiger partial charge in [-0.05, 0) is 234 Å². The van der Waals surface area contributed by atoms with E-state index in [2.05, 4.69) is 81.0 Å². The Morgan fingerprint density at radius 1 is 0.282 bits per heavy atom. The molecule has 0 aliphatic carbocycles. The molecular weight excluding hydrogens is 1820 g/mol. The normalized spacial score (nSPS) is 13.5. The molecule has 0 saturated carbocycles. The minimum absolute atomic E-state index is 0.0427. The number of carbonyl (C=O) groups excluding carboxylic acids is 5. The van der Waals surface area contributed by atoms with Gasteiger partial charge in [0, 0.05) is 203 Å². The first kappa shape index (κ1) is 90.8. The lowest BCUT2D eigenvalue weighted by atomic mass is 9.99. The fraction of sp³-hybridized carbons (Fsp3) is 0.0957. The van der Waals surface area contributed by atoms with Gasteiger partial charge >= 0.3 is 0 Å². The smallest absolute Gasteiger partial charge is 0.273 e. The molecule has 6 aliphatic rings. The average Bonchev–Trinajstić information content (AvgIpc) is 1.28. The monoisotopic (exact) mass is 1900 g/mol. The van der Waals surface area contributed by atoms with Gasteiger partial charge in [-0.25, -0.2) is 26.3 Å². The van der Waals surface area contributed by atoms with Gasteiger partial charge in [-0.1, -0.05) is 127 Å². The van der Waals surface area contributed by atoms with E-state index in [1.165, 1.54) is 46.2 Å². The number of hydrogen-bond donors (Lipinski definition) is 1. The molecule has 19 aromatic rings. The molecule has 0 spiro atoms. The summed E-state index contributed by atoms with van der Waals surface area (Å²) in [5.74, 6) is -4.19. The van der Waals surface area contributed by atoms with Crippen LogP contribution >= 0.6 is 11.6 Å².